The zero-order valence-corrected chi connectivity index (χ0v) is 12.1. The van der Waals surface area contributed by atoms with Gasteiger partial charge in [0.25, 0.3) is 0 Å². The van der Waals surface area contributed by atoms with Gasteiger partial charge in [-0.2, -0.15) is 0 Å². The van der Waals surface area contributed by atoms with Crippen molar-refractivity contribution in [1.82, 2.24) is 5.32 Å². The number of benzene rings is 2. The third-order valence-corrected chi connectivity index (χ3v) is 4.21. The van der Waals surface area contributed by atoms with Crippen molar-refractivity contribution in [3.8, 4) is 5.75 Å². The van der Waals surface area contributed by atoms with Gasteiger partial charge in [0.15, 0.2) is 0 Å². The summed E-state index contributed by atoms with van der Waals surface area (Å²) in [6.07, 6.45) is 1.03. The highest BCUT2D eigenvalue weighted by molar-refractivity contribution is 5.41. The SMILES string of the molecule is CNC(c1ccc2c(c1)CCO2)C(C)c1ccccc1. The fourth-order valence-corrected chi connectivity index (χ4v) is 3.05. The van der Waals surface area contributed by atoms with E-state index in [-0.39, 0.29) is 0 Å². The summed E-state index contributed by atoms with van der Waals surface area (Å²) in [7, 11) is 2.04. The van der Waals surface area contributed by atoms with Crippen molar-refractivity contribution in [1.29, 1.82) is 0 Å². The van der Waals surface area contributed by atoms with Crippen molar-refractivity contribution >= 4 is 0 Å². The molecule has 2 atom stereocenters. The van der Waals surface area contributed by atoms with Crippen molar-refractivity contribution in [3.05, 3.63) is 65.2 Å². The number of fused-ring (bicyclic) bond motifs is 1. The van der Waals surface area contributed by atoms with Gasteiger partial charge in [-0.25, -0.2) is 0 Å². The van der Waals surface area contributed by atoms with Gasteiger partial charge >= 0.3 is 0 Å². The smallest absolute Gasteiger partial charge is 0.122 e. The molecule has 1 heterocycles. The van der Waals surface area contributed by atoms with Crippen LogP contribution in [0.5, 0.6) is 5.75 Å². The zero-order valence-electron chi connectivity index (χ0n) is 12.1. The van der Waals surface area contributed by atoms with Crippen LogP contribution in [0, 0.1) is 0 Å². The molecule has 2 heteroatoms. The monoisotopic (exact) mass is 267 g/mol. The minimum absolute atomic E-state index is 0.322. The van der Waals surface area contributed by atoms with Crippen LogP contribution < -0.4 is 10.1 Å². The number of likely N-dealkylation sites (N-methyl/N-ethyl adjacent to an activating group) is 1. The van der Waals surface area contributed by atoms with Gasteiger partial charge in [-0.3, -0.25) is 0 Å². The highest BCUT2D eigenvalue weighted by Gasteiger charge is 2.21. The van der Waals surface area contributed by atoms with E-state index in [2.05, 4.69) is 60.8 Å². The average Bonchev–Trinajstić information content (AvgIpc) is 2.96. The molecule has 2 nitrogen and oxygen atoms in total. The van der Waals surface area contributed by atoms with Crippen LogP contribution in [0.15, 0.2) is 48.5 Å². The third kappa shape index (κ3) is 2.44. The highest BCUT2D eigenvalue weighted by Crippen LogP contribution is 2.34. The lowest BCUT2D eigenvalue weighted by atomic mass is 9.88. The molecule has 20 heavy (non-hydrogen) atoms. The van der Waals surface area contributed by atoms with Crippen molar-refractivity contribution < 1.29 is 4.74 Å². The molecule has 0 saturated carbocycles. The van der Waals surface area contributed by atoms with E-state index in [9.17, 15) is 0 Å². The van der Waals surface area contributed by atoms with Crippen LogP contribution in [-0.2, 0) is 6.42 Å². The molecule has 0 radical (unpaired) electrons. The Balaban J connectivity index is 1.90. The second kappa shape index (κ2) is 5.68. The standard InChI is InChI=1S/C18H21NO/c1-13(14-6-4-3-5-7-14)18(19-2)16-8-9-17-15(12-16)10-11-20-17/h3-9,12-13,18-19H,10-11H2,1-2H3. The molecule has 0 saturated heterocycles. The Kier molecular flexibility index (Phi) is 3.75. The number of rotatable bonds is 4. The Morgan fingerprint density at radius 2 is 1.85 bits per heavy atom. The summed E-state index contributed by atoms with van der Waals surface area (Å²) >= 11 is 0. The lowest BCUT2D eigenvalue weighted by Crippen LogP contribution is -2.22. The van der Waals surface area contributed by atoms with Gasteiger partial charge in [0, 0.05) is 18.4 Å². The van der Waals surface area contributed by atoms with Crippen molar-refractivity contribution in [2.24, 2.45) is 0 Å². The van der Waals surface area contributed by atoms with E-state index >= 15 is 0 Å². The Labute approximate surface area is 120 Å². The lowest BCUT2D eigenvalue weighted by molar-refractivity contribution is 0.356. The van der Waals surface area contributed by atoms with Crippen molar-refractivity contribution in [2.45, 2.75) is 25.3 Å². The van der Waals surface area contributed by atoms with Crippen LogP contribution >= 0.6 is 0 Å². The maximum Gasteiger partial charge on any atom is 0.122 e. The summed E-state index contributed by atoms with van der Waals surface area (Å²) in [6.45, 7) is 3.09. The first-order valence-electron chi connectivity index (χ1n) is 7.27. The Hall–Kier alpha value is -1.80. The minimum Gasteiger partial charge on any atom is -0.493 e. The molecule has 0 bridgehead atoms. The molecule has 0 spiro atoms. The molecule has 0 fully saturated rings. The highest BCUT2D eigenvalue weighted by atomic mass is 16.5. The van der Waals surface area contributed by atoms with Crippen LogP contribution in [-0.4, -0.2) is 13.7 Å². The van der Waals surface area contributed by atoms with E-state index in [4.69, 9.17) is 4.74 Å². The topological polar surface area (TPSA) is 21.3 Å². The van der Waals surface area contributed by atoms with Gasteiger partial charge < -0.3 is 10.1 Å². The lowest BCUT2D eigenvalue weighted by Gasteiger charge is -2.25. The molecule has 0 amide bonds. The third-order valence-electron chi connectivity index (χ3n) is 4.21. The molecular weight excluding hydrogens is 246 g/mol. The summed E-state index contributed by atoms with van der Waals surface area (Å²) in [5.41, 5.74) is 4.04. The fraction of sp³-hybridized carbons (Fsp3) is 0.333. The maximum absolute atomic E-state index is 5.59. The van der Waals surface area contributed by atoms with Crippen LogP contribution in [0.3, 0.4) is 0 Å². The number of hydrogen-bond acceptors (Lipinski definition) is 2. The molecule has 0 aromatic heterocycles. The van der Waals surface area contributed by atoms with Gasteiger partial charge in [-0.15, -0.1) is 0 Å². The van der Waals surface area contributed by atoms with Gasteiger partial charge in [0.05, 0.1) is 6.61 Å². The fourth-order valence-electron chi connectivity index (χ4n) is 3.05. The molecular formula is C18H21NO. The number of ether oxygens (including phenoxy) is 1. The summed E-state index contributed by atoms with van der Waals surface area (Å²) in [6, 6.07) is 17.6. The van der Waals surface area contributed by atoms with Crippen LogP contribution in [0.2, 0.25) is 0 Å². The molecule has 2 aromatic rings. The second-order valence-electron chi connectivity index (χ2n) is 5.43. The minimum atomic E-state index is 0.322. The number of hydrogen-bond donors (Lipinski definition) is 1. The van der Waals surface area contributed by atoms with E-state index in [0.29, 0.717) is 12.0 Å². The molecule has 1 N–H and O–H groups in total. The maximum atomic E-state index is 5.59. The largest absolute Gasteiger partial charge is 0.493 e. The first-order chi connectivity index (χ1) is 9.79. The molecule has 3 rings (SSSR count). The predicted molar refractivity (Wildman–Crippen MR) is 82.3 cm³/mol. The van der Waals surface area contributed by atoms with Crippen LogP contribution in [0.4, 0.5) is 0 Å². The average molecular weight is 267 g/mol. The van der Waals surface area contributed by atoms with E-state index < -0.39 is 0 Å². The number of nitrogens with one attached hydrogen (secondary N) is 1. The van der Waals surface area contributed by atoms with Gasteiger partial charge in [-0.05, 0) is 29.8 Å². The first-order valence-corrected chi connectivity index (χ1v) is 7.27. The second-order valence-corrected chi connectivity index (χ2v) is 5.43. The van der Waals surface area contributed by atoms with Gasteiger partial charge in [0.2, 0.25) is 0 Å². The summed E-state index contributed by atoms with van der Waals surface area (Å²) < 4.78 is 5.59. The summed E-state index contributed by atoms with van der Waals surface area (Å²) in [5.74, 6) is 1.48. The van der Waals surface area contributed by atoms with E-state index in [1.165, 1.54) is 16.7 Å². The predicted octanol–water partition coefficient (Wildman–Crippen LogP) is 3.69. The van der Waals surface area contributed by atoms with E-state index in [1.54, 1.807) is 0 Å². The normalized spacial score (nSPS) is 16.3. The molecule has 104 valence electrons. The van der Waals surface area contributed by atoms with Crippen LogP contribution in [0.1, 0.15) is 35.6 Å². The molecule has 1 aliphatic heterocycles. The van der Waals surface area contributed by atoms with Crippen molar-refractivity contribution in [3.63, 3.8) is 0 Å². The van der Waals surface area contributed by atoms with Crippen molar-refractivity contribution in [2.75, 3.05) is 13.7 Å². The quantitative estimate of drug-likeness (QED) is 0.912. The Morgan fingerprint density at radius 3 is 2.60 bits per heavy atom. The Bertz CT molecular complexity index is 579. The zero-order chi connectivity index (χ0) is 13.9. The van der Waals surface area contributed by atoms with E-state index in [0.717, 1.165) is 18.8 Å². The van der Waals surface area contributed by atoms with Crippen LogP contribution in [0.25, 0.3) is 0 Å². The first kappa shape index (κ1) is 13.2. The molecule has 0 aliphatic carbocycles. The van der Waals surface area contributed by atoms with E-state index in [1.807, 2.05) is 7.05 Å². The summed E-state index contributed by atoms with van der Waals surface area (Å²) in [4.78, 5) is 0. The van der Waals surface area contributed by atoms with Gasteiger partial charge in [0.1, 0.15) is 5.75 Å². The molecule has 1 aliphatic rings. The summed E-state index contributed by atoms with van der Waals surface area (Å²) in [5, 5.41) is 3.47. The Morgan fingerprint density at radius 1 is 1.05 bits per heavy atom. The molecule has 2 unspecified atom stereocenters. The molecule has 2 aromatic carbocycles. The van der Waals surface area contributed by atoms with Gasteiger partial charge in [-0.1, -0.05) is 49.4 Å².